The van der Waals surface area contributed by atoms with Gasteiger partial charge in [0.05, 0.1) is 19.1 Å². The number of rotatable bonds is 8. The summed E-state index contributed by atoms with van der Waals surface area (Å²) in [6.07, 6.45) is 2.38. The maximum absolute atomic E-state index is 13.1. The highest BCUT2D eigenvalue weighted by molar-refractivity contribution is 5.78. The molecule has 2 atom stereocenters. The second-order valence-electron chi connectivity index (χ2n) is 6.08. The first kappa shape index (κ1) is 18.4. The Morgan fingerprint density at radius 2 is 2.12 bits per heavy atom. The van der Waals surface area contributed by atoms with Crippen LogP contribution in [0.15, 0.2) is 24.3 Å². The van der Waals surface area contributed by atoms with E-state index in [1.807, 2.05) is 0 Å². The van der Waals surface area contributed by atoms with E-state index in [0.717, 1.165) is 25.9 Å². The molecule has 1 amide bonds. The molecular formula is C18H25FN2O3. The summed E-state index contributed by atoms with van der Waals surface area (Å²) in [5.74, 6) is -0.300. The average Bonchev–Trinajstić information content (AvgIpc) is 3.07. The molecule has 132 valence electrons. The summed E-state index contributed by atoms with van der Waals surface area (Å²) in [6.45, 7) is 3.99. The van der Waals surface area contributed by atoms with Crippen LogP contribution in [0.5, 0.6) is 0 Å². The number of nitrogens with one attached hydrogen (secondary N) is 2. The lowest BCUT2D eigenvalue weighted by Crippen LogP contribution is -2.31. The van der Waals surface area contributed by atoms with Crippen LogP contribution < -0.4 is 10.6 Å². The van der Waals surface area contributed by atoms with Gasteiger partial charge in [-0.3, -0.25) is 9.59 Å². The largest absolute Gasteiger partial charge is 0.466 e. The van der Waals surface area contributed by atoms with Crippen LogP contribution in [-0.4, -0.2) is 31.6 Å². The van der Waals surface area contributed by atoms with E-state index in [2.05, 4.69) is 10.6 Å². The molecule has 24 heavy (non-hydrogen) atoms. The molecule has 0 spiro atoms. The third kappa shape index (κ3) is 5.92. The average molecular weight is 336 g/mol. The van der Waals surface area contributed by atoms with Crippen LogP contribution in [0.4, 0.5) is 4.39 Å². The maximum Gasteiger partial charge on any atom is 0.308 e. The number of hydrogen-bond acceptors (Lipinski definition) is 4. The fourth-order valence-electron chi connectivity index (χ4n) is 2.90. The van der Waals surface area contributed by atoms with Crippen molar-refractivity contribution in [3.63, 3.8) is 0 Å². The van der Waals surface area contributed by atoms with Gasteiger partial charge in [0.25, 0.3) is 0 Å². The Morgan fingerprint density at radius 3 is 2.75 bits per heavy atom. The fourth-order valence-corrected chi connectivity index (χ4v) is 2.90. The van der Waals surface area contributed by atoms with Crippen molar-refractivity contribution in [1.82, 2.24) is 10.6 Å². The van der Waals surface area contributed by atoms with Crippen molar-refractivity contribution >= 4 is 11.9 Å². The van der Waals surface area contributed by atoms with E-state index in [9.17, 15) is 14.0 Å². The second-order valence-corrected chi connectivity index (χ2v) is 6.08. The van der Waals surface area contributed by atoms with Crippen LogP contribution in [0, 0.1) is 11.7 Å². The van der Waals surface area contributed by atoms with Crippen LogP contribution in [0.3, 0.4) is 0 Å². The van der Waals surface area contributed by atoms with Gasteiger partial charge in [-0.05, 0) is 56.5 Å². The quantitative estimate of drug-likeness (QED) is 0.715. The van der Waals surface area contributed by atoms with E-state index in [0.29, 0.717) is 17.9 Å². The minimum atomic E-state index is -0.501. The van der Waals surface area contributed by atoms with Gasteiger partial charge in [-0.1, -0.05) is 12.1 Å². The van der Waals surface area contributed by atoms with Crippen molar-refractivity contribution in [2.45, 2.75) is 38.6 Å². The van der Waals surface area contributed by atoms with Crippen LogP contribution >= 0.6 is 0 Å². The molecule has 2 N–H and O–H groups in total. The Morgan fingerprint density at radius 1 is 1.38 bits per heavy atom. The van der Waals surface area contributed by atoms with Crippen molar-refractivity contribution in [3.05, 3.63) is 35.6 Å². The molecule has 6 heteroatoms. The molecule has 2 unspecified atom stereocenters. The molecule has 0 saturated carbocycles. The summed E-state index contributed by atoms with van der Waals surface area (Å²) in [5, 5.41) is 6.16. The van der Waals surface area contributed by atoms with Gasteiger partial charge in [0, 0.05) is 6.42 Å². The van der Waals surface area contributed by atoms with Crippen molar-refractivity contribution in [1.29, 1.82) is 0 Å². The number of carbonyl (C=O) groups excluding carboxylic acids is 2. The van der Waals surface area contributed by atoms with Crippen molar-refractivity contribution < 1.29 is 18.7 Å². The van der Waals surface area contributed by atoms with Gasteiger partial charge in [0.15, 0.2) is 0 Å². The fraction of sp³-hybridized carbons (Fsp3) is 0.556. The van der Waals surface area contributed by atoms with E-state index < -0.39 is 6.04 Å². The van der Waals surface area contributed by atoms with Crippen molar-refractivity contribution in [2.75, 3.05) is 19.7 Å². The summed E-state index contributed by atoms with van der Waals surface area (Å²) in [4.78, 5) is 24.0. The van der Waals surface area contributed by atoms with E-state index in [-0.39, 0.29) is 30.7 Å². The Kier molecular flexibility index (Phi) is 7.18. The van der Waals surface area contributed by atoms with E-state index in [1.54, 1.807) is 19.1 Å². The standard InChI is InChI=1S/C18H25FN2O3/c1-2-24-18(23)11-16(14-4-6-15(19)7-5-14)21-17(22)8-3-13-9-10-20-12-13/h4-7,13,16,20H,2-3,8-12H2,1H3,(H,21,22). The number of halogens is 1. The normalized spacial score (nSPS) is 18.2. The second kappa shape index (κ2) is 9.37. The molecule has 1 saturated heterocycles. The zero-order chi connectivity index (χ0) is 17.4. The maximum atomic E-state index is 13.1. The van der Waals surface area contributed by atoms with E-state index in [4.69, 9.17) is 4.74 Å². The molecule has 1 aromatic rings. The third-order valence-corrected chi connectivity index (χ3v) is 4.23. The number of benzene rings is 1. The van der Waals surface area contributed by atoms with Gasteiger partial charge in [0.1, 0.15) is 5.82 Å². The highest BCUT2D eigenvalue weighted by Crippen LogP contribution is 2.20. The molecule has 5 nitrogen and oxygen atoms in total. The molecule has 0 aromatic heterocycles. The summed E-state index contributed by atoms with van der Waals surface area (Å²) in [5.41, 5.74) is 0.695. The zero-order valence-electron chi connectivity index (χ0n) is 14.0. The summed E-state index contributed by atoms with van der Waals surface area (Å²) in [7, 11) is 0. The molecule has 0 radical (unpaired) electrons. The first-order chi connectivity index (χ1) is 11.6. The predicted octanol–water partition coefficient (Wildman–Crippen LogP) is 2.33. The molecule has 0 bridgehead atoms. The lowest BCUT2D eigenvalue weighted by molar-refractivity contribution is -0.143. The Labute approximate surface area is 142 Å². The van der Waals surface area contributed by atoms with Crippen LogP contribution in [-0.2, 0) is 14.3 Å². The predicted molar refractivity (Wildman–Crippen MR) is 88.7 cm³/mol. The lowest BCUT2D eigenvalue weighted by Gasteiger charge is -2.19. The molecule has 1 heterocycles. The first-order valence-electron chi connectivity index (χ1n) is 8.49. The number of amides is 1. The van der Waals surface area contributed by atoms with Gasteiger partial charge in [-0.15, -0.1) is 0 Å². The third-order valence-electron chi connectivity index (χ3n) is 4.23. The molecule has 1 aliphatic rings. The SMILES string of the molecule is CCOC(=O)CC(NC(=O)CCC1CCNC1)c1ccc(F)cc1. The first-order valence-corrected chi connectivity index (χ1v) is 8.49. The topological polar surface area (TPSA) is 67.4 Å². The monoisotopic (exact) mass is 336 g/mol. The lowest BCUT2D eigenvalue weighted by atomic mass is 10.0. The van der Waals surface area contributed by atoms with Gasteiger partial charge >= 0.3 is 5.97 Å². The summed E-state index contributed by atoms with van der Waals surface area (Å²) in [6, 6.07) is 5.31. The Bertz CT molecular complexity index is 542. The molecule has 1 aromatic carbocycles. The highest BCUT2D eigenvalue weighted by atomic mass is 19.1. The van der Waals surface area contributed by atoms with Gasteiger partial charge < -0.3 is 15.4 Å². The smallest absolute Gasteiger partial charge is 0.308 e. The number of carbonyl (C=O) groups is 2. The molecule has 2 rings (SSSR count). The highest BCUT2D eigenvalue weighted by Gasteiger charge is 2.21. The van der Waals surface area contributed by atoms with Crippen LogP contribution in [0.1, 0.15) is 44.2 Å². The minimum absolute atomic E-state index is 0.0379. The molecule has 1 fully saturated rings. The molecule has 1 aliphatic heterocycles. The molecular weight excluding hydrogens is 311 g/mol. The van der Waals surface area contributed by atoms with Gasteiger partial charge in [-0.2, -0.15) is 0 Å². The van der Waals surface area contributed by atoms with Gasteiger partial charge in [-0.25, -0.2) is 4.39 Å². The van der Waals surface area contributed by atoms with E-state index in [1.165, 1.54) is 12.1 Å². The minimum Gasteiger partial charge on any atom is -0.466 e. The van der Waals surface area contributed by atoms with E-state index >= 15 is 0 Å². The Hall–Kier alpha value is -1.95. The van der Waals surface area contributed by atoms with Gasteiger partial charge in [0.2, 0.25) is 5.91 Å². The number of hydrogen-bond donors (Lipinski definition) is 2. The summed E-state index contributed by atoms with van der Waals surface area (Å²) < 4.78 is 18.1. The summed E-state index contributed by atoms with van der Waals surface area (Å²) >= 11 is 0. The Balaban J connectivity index is 1.94. The van der Waals surface area contributed by atoms with Crippen LogP contribution in [0.25, 0.3) is 0 Å². The molecule has 0 aliphatic carbocycles. The van der Waals surface area contributed by atoms with Crippen molar-refractivity contribution in [3.8, 4) is 0 Å². The van der Waals surface area contributed by atoms with Crippen molar-refractivity contribution in [2.24, 2.45) is 5.92 Å². The number of esters is 1. The number of ether oxygens (including phenoxy) is 1. The zero-order valence-corrected chi connectivity index (χ0v) is 14.0. The van der Waals surface area contributed by atoms with Crippen LogP contribution in [0.2, 0.25) is 0 Å².